The number of aryl methyl sites for hydroxylation is 3. The Morgan fingerprint density at radius 2 is 1.82 bits per heavy atom. The van der Waals surface area contributed by atoms with Crippen molar-refractivity contribution in [2.75, 3.05) is 11.9 Å². The lowest BCUT2D eigenvalue weighted by atomic mass is 10.2. The van der Waals surface area contributed by atoms with Crippen LogP contribution in [0.5, 0.6) is 0 Å². The number of imidazole rings is 1. The maximum absolute atomic E-state index is 13.3. The molecule has 0 aliphatic rings. The van der Waals surface area contributed by atoms with Crippen LogP contribution in [0.15, 0.2) is 46.0 Å². The van der Waals surface area contributed by atoms with Gasteiger partial charge in [0, 0.05) is 26.4 Å². The lowest BCUT2D eigenvalue weighted by Crippen LogP contribution is -2.39. The fraction of sp³-hybridized carbons (Fsp3) is 0.273. The molecular weight excluding hydrogens is 467 g/mol. The average Bonchev–Trinajstić information content (AvgIpc) is 3.12. The molecule has 2 N–H and O–H groups in total. The Morgan fingerprint density at radius 3 is 2.55 bits per heavy atom. The van der Waals surface area contributed by atoms with Gasteiger partial charge in [-0.1, -0.05) is 35.3 Å². The monoisotopic (exact) mass is 488 g/mol. The predicted octanol–water partition coefficient (Wildman–Crippen LogP) is 2.85. The summed E-state index contributed by atoms with van der Waals surface area (Å²) in [4.78, 5) is 35.2. The normalized spacial score (nSPS) is 11.3. The molecule has 3 heterocycles. The molecule has 3 aromatic heterocycles. The van der Waals surface area contributed by atoms with Crippen LogP contribution >= 0.6 is 23.2 Å². The summed E-state index contributed by atoms with van der Waals surface area (Å²) in [6, 6.07) is 10.5. The Bertz CT molecular complexity index is 1460. The average molecular weight is 489 g/mol. The molecule has 0 saturated carbocycles. The molecule has 0 unspecified atom stereocenters. The molecule has 0 amide bonds. The summed E-state index contributed by atoms with van der Waals surface area (Å²) in [7, 11) is 3.27. The van der Waals surface area contributed by atoms with Crippen LogP contribution in [0.2, 0.25) is 10.0 Å². The Labute approximate surface area is 198 Å². The van der Waals surface area contributed by atoms with Gasteiger partial charge in [0.05, 0.1) is 16.6 Å². The first-order valence-corrected chi connectivity index (χ1v) is 11.0. The number of aliphatic hydroxyl groups excluding tert-OH is 1. The van der Waals surface area contributed by atoms with E-state index in [1.54, 1.807) is 42.9 Å². The van der Waals surface area contributed by atoms with Crippen molar-refractivity contribution < 1.29 is 5.11 Å². The van der Waals surface area contributed by atoms with E-state index in [4.69, 9.17) is 28.3 Å². The smallest absolute Gasteiger partial charge is 0.332 e. The van der Waals surface area contributed by atoms with E-state index in [1.165, 1.54) is 4.57 Å². The van der Waals surface area contributed by atoms with Gasteiger partial charge in [-0.3, -0.25) is 13.9 Å². The van der Waals surface area contributed by atoms with E-state index in [-0.39, 0.29) is 24.3 Å². The van der Waals surface area contributed by atoms with Crippen molar-refractivity contribution in [3.05, 3.63) is 78.5 Å². The van der Waals surface area contributed by atoms with Gasteiger partial charge in [0.2, 0.25) is 5.95 Å². The van der Waals surface area contributed by atoms with Crippen LogP contribution in [0.1, 0.15) is 17.7 Å². The van der Waals surface area contributed by atoms with E-state index in [1.807, 2.05) is 12.1 Å². The number of nitrogens with zero attached hydrogens (tertiary/aromatic N) is 5. The largest absolute Gasteiger partial charge is 0.396 e. The van der Waals surface area contributed by atoms with Gasteiger partial charge in [0.1, 0.15) is 5.82 Å². The second kappa shape index (κ2) is 9.38. The molecule has 0 spiro atoms. The molecule has 11 heteroatoms. The number of hydrogen-bond acceptors (Lipinski definition) is 6. The molecular formula is C22H22Cl2N6O3. The van der Waals surface area contributed by atoms with Crippen molar-refractivity contribution in [2.45, 2.75) is 19.4 Å². The van der Waals surface area contributed by atoms with Crippen LogP contribution < -0.4 is 16.6 Å². The number of halogens is 2. The highest BCUT2D eigenvalue weighted by atomic mass is 35.5. The second-order valence-corrected chi connectivity index (χ2v) is 8.43. The lowest BCUT2D eigenvalue weighted by Gasteiger charge is -2.09. The quantitative estimate of drug-likeness (QED) is 0.414. The molecule has 0 radical (unpaired) electrons. The molecule has 9 nitrogen and oxygen atoms in total. The first-order valence-electron chi connectivity index (χ1n) is 10.2. The van der Waals surface area contributed by atoms with Gasteiger partial charge in [0.25, 0.3) is 5.56 Å². The van der Waals surface area contributed by atoms with Crippen LogP contribution in [0, 0.1) is 0 Å². The highest BCUT2D eigenvalue weighted by molar-refractivity contribution is 6.42. The standard InChI is InChI=1S/C22H22Cl2N6O3/c1-28-18-19(27-21(28)26-17-7-3-5-14(25-17)6-4-10-31)29(2)22(33)30(20(18)32)12-13-8-9-15(23)16(24)11-13/h3,5,7-9,11,31H,4,6,10,12H2,1-2H3,(H,25,26,27). The number of rotatable bonds is 7. The second-order valence-electron chi connectivity index (χ2n) is 7.61. The molecule has 0 atom stereocenters. The van der Waals surface area contributed by atoms with Crippen LogP contribution in [-0.4, -0.2) is 35.4 Å². The molecule has 0 aliphatic carbocycles. The minimum absolute atomic E-state index is 0.0424. The third kappa shape index (κ3) is 4.52. The van der Waals surface area contributed by atoms with E-state index >= 15 is 0 Å². The molecule has 0 bridgehead atoms. The van der Waals surface area contributed by atoms with Crippen LogP contribution in [0.4, 0.5) is 11.8 Å². The highest BCUT2D eigenvalue weighted by Crippen LogP contribution is 2.23. The molecule has 0 saturated heterocycles. The minimum Gasteiger partial charge on any atom is -0.396 e. The van der Waals surface area contributed by atoms with Gasteiger partial charge in [-0.05, 0) is 42.7 Å². The van der Waals surface area contributed by atoms with Crippen LogP contribution in [0.25, 0.3) is 11.2 Å². The van der Waals surface area contributed by atoms with Gasteiger partial charge >= 0.3 is 5.69 Å². The minimum atomic E-state index is -0.493. The van der Waals surface area contributed by atoms with E-state index in [2.05, 4.69) is 15.3 Å². The SMILES string of the molecule is Cn1c(Nc2cccc(CCCO)n2)nc2c1c(=O)n(Cc1ccc(Cl)c(Cl)c1)c(=O)n2C. The number of fused-ring (bicyclic) bond motifs is 1. The van der Waals surface area contributed by atoms with E-state index in [9.17, 15) is 9.59 Å². The third-order valence-electron chi connectivity index (χ3n) is 5.32. The van der Waals surface area contributed by atoms with Crippen molar-refractivity contribution in [1.29, 1.82) is 0 Å². The van der Waals surface area contributed by atoms with Gasteiger partial charge in [0.15, 0.2) is 11.2 Å². The van der Waals surface area contributed by atoms with Crippen LogP contribution in [0.3, 0.4) is 0 Å². The van der Waals surface area contributed by atoms with Crippen molar-refractivity contribution >= 4 is 46.1 Å². The Morgan fingerprint density at radius 1 is 1.03 bits per heavy atom. The number of hydrogen-bond donors (Lipinski definition) is 2. The lowest BCUT2D eigenvalue weighted by molar-refractivity contribution is 0.288. The topological polar surface area (TPSA) is 107 Å². The number of anilines is 2. The van der Waals surface area contributed by atoms with Gasteiger partial charge in [-0.15, -0.1) is 0 Å². The molecule has 1 aromatic carbocycles. The molecule has 4 rings (SSSR count). The molecule has 0 fully saturated rings. The maximum Gasteiger partial charge on any atom is 0.332 e. The van der Waals surface area contributed by atoms with Gasteiger partial charge in [-0.25, -0.2) is 9.78 Å². The zero-order chi connectivity index (χ0) is 23.7. The summed E-state index contributed by atoms with van der Waals surface area (Å²) in [5.41, 5.74) is 1.07. The van der Waals surface area contributed by atoms with Crippen LogP contribution in [-0.2, 0) is 27.1 Å². The number of aliphatic hydroxyl groups is 1. The molecule has 0 aliphatic heterocycles. The molecule has 33 heavy (non-hydrogen) atoms. The number of benzene rings is 1. The molecule has 4 aromatic rings. The Hall–Kier alpha value is -3.14. The van der Waals surface area contributed by atoms with Gasteiger partial charge < -0.3 is 15.0 Å². The predicted molar refractivity (Wildman–Crippen MR) is 129 cm³/mol. The number of nitrogens with one attached hydrogen (secondary N) is 1. The fourth-order valence-electron chi connectivity index (χ4n) is 3.58. The number of pyridine rings is 1. The first-order chi connectivity index (χ1) is 15.8. The summed E-state index contributed by atoms with van der Waals surface area (Å²) in [5, 5.41) is 12.9. The zero-order valence-corrected chi connectivity index (χ0v) is 19.6. The summed E-state index contributed by atoms with van der Waals surface area (Å²) < 4.78 is 4.08. The highest BCUT2D eigenvalue weighted by Gasteiger charge is 2.19. The summed E-state index contributed by atoms with van der Waals surface area (Å²) in [6.07, 6.45) is 1.26. The first kappa shape index (κ1) is 23.0. The van der Waals surface area contributed by atoms with E-state index in [0.717, 1.165) is 10.3 Å². The maximum atomic E-state index is 13.3. The molecule has 172 valence electrons. The Balaban J connectivity index is 1.75. The van der Waals surface area contributed by atoms with Crippen molar-refractivity contribution in [2.24, 2.45) is 14.1 Å². The van der Waals surface area contributed by atoms with Crippen molar-refractivity contribution in [3.8, 4) is 0 Å². The van der Waals surface area contributed by atoms with Gasteiger partial charge in [-0.2, -0.15) is 4.98 Å². The summed E-state index contributed by atoms with van der Waals surface area (Å²) >= 11 is 12.1. The third-order valence-corrected chi connectivity index (χ3v) is 6.06. The number of aromatic nitrogens is 5. The Kier molecular flexibility index (Phi) is 6.55. The van der Waals surface area contributed by atoms with E-state index < -0.39 is 11.2 Å². The summed E-state index contributed by atoms with van der Waals surface area (Å²) in [5.74, 6) is 0.918. The zero-order valence-electron chi connectivity index (χ0n) is 18.0. The van der Waals surface area contributed by atoms with Crippen molar-refractivity contribution in [1.82, 2.24) is 23.7 Å². The van der Waals surface area contributed by atoms with E-state index in [0.29, 0.717) is 40.2 Å². The van der Waals surface area contributed by atoms with Crippen molar-refractivity contribution in [3.63, 3.8) is 0 Å². The fourth-order valence-corrected chi connectivity index (χ4v) is 3.90. The summed E-state index contributed by atoms with van der Waals surface area (Å²) in [6.45, 7) is 0.132.